The number of aromatic nitrogens is 2. The van der Waals surface area contributed by atoms with Crippen LogP contribution in [0.1, 0.15) is 29.7 Å². The van der Waals surface area contributed by atoms with Crippen LogP contribution in [0, 0.1) is 0 Å². The summed E-state index contributed by atoms with van der Waals surface area (Å²) in [6, 6.07) is -0.596. The van der Waals surface area contributed by atoms with Gasteiger partial charge in [0.1, 0.15) is 11.4 Å². The number of rotatable bonds is 2. The van der Waals surface area contributed by atoms with Crippen molar-refractivity contribution in [2.45, 2.75) is 38.6 Å². The molecule has 2 aromatic rings. The van der Waals surface area contributed by atoms with E-state index in [1.165, 1.54) is 29.2 Å². The molecule has 3 rings (SSSR count). The van der Waals surface area contributed by atoms with Crippen LogP contribution in [-0.2, 0) is 24.2 Å². The number of hydrogen-bond acceptors (Lipinski definition) is 5. The molecule has 2 N–H and O–H groups in total. The first-order valence-electron chi connectivity index (χ1n) is 7.61. The highest BCUT2D eigenvalue weighted by Gasteiger charge is 2.19. The monoisotopic (exact) mass is 334 g/mol. The first kappa shape index (κ1) is 15.7. The summed E-state index contributed by atoms with van der Waals surface area (Å²) < 4.78 is 1.26. The van der Waals surface area contributed by atoms with E-state index in [0.29, 0.717) is 5.39 Å². The van der Waals surface area contributed by atoms with Gasteiger partial charge in [-0.25, -0.2) is 9.78 Å². The van der Waals surface area contributed by atoms with Gasteiger partial charge in [0.2, 0.25) is 5.91 Å². The molecule has 8 heteroatoms. The average molecular weight is 334 g/mol. The Morgan fingerprint density at radius 2 is 2.09 bits per heavy atom. The van der Waals surface area contributed by atoms with Gasteiger partial charge in [-0.1, -0.05) is 6.42 Å². The summed E-state index contributed by atoms with van der Waals surface area (Å²) in [5.74, 6) is -0.547. The molecule has 0 radical (unpaired) electrons. The normalized spacial score (nSPS) is 14.1. The number of nitrogens with one attached hydrogen (secondary N) is 2. The van der Waals surface area contributed by atoms with Crippen molar-refractivity contribution in [2.24, 2.45) is 0 Å². The van der Waals surface area contributed by atoms with Gasteiger partial charge in [-0.05, 0) is 31.2 Å². The van der Waals surface area contributed by atoms with E-state index in [1.54, 1.807) is 11.3 Å². The van der Waals surface area contributed by atoms with E-state index in [-0.39, 0.29) is 12.1 Å². The topological polar surface area (TPSA) is 93.1 Å². The maximum atomic E-state index is 12.7. The van der Waals surface area contributed by atoms with Crippen LogP contribution in [0.15, 0.2) is 11.1 Å². The van der Waals surface area contributed by atoms with Crippen LogP contribution in [0.4, 0.5) is 4.79 Å². The molecule has 3 amide bonds. The zero-order valence-electron chi connectivity index (χ0n) is 12.8. The average Bonchev–Trinajstić information content (AvgIpc) is 2.72. The number of imide groups is 1. The number of thiophene rings is 1. The lowest BCUT2D eigenvalue weighted by atomic mass is 10.1. The summed E-state index contributed by atoms with van der Waals surface area (Å²) in [7, 11) is 1.42. The summed E-state index contributed by atoms with van der Waals surface area (Å²) in [6.45, 7) is -0.222. The Hall–Kier alpha value is -2.22. The van der Waals surface area contributed by atoms with Crippen molar-refractivity contribution >= 4 is 33.5 Å². The number of carbonyl (C=O) groups excluding carboxylic acids is 2. The third-order valence-corrected chi connectivity index (χ3v) is 5.19. The number of carbonyl (C=O) groups is 2. The molecule has 0 spiro atoms. The summed E-state index contributed by atoms with van der Waals surface area (Å²) in [6.07, 6.45) is 6.65. The van der Waals surface area contributed by atoms with Crippen molar-refractivity contribution in [1.82, 2.24) is 20.2 Å². The second-order valence-electron chi connectivity index (χ2n) is 5.55. The molecule has 7 nitrogen and oxygen atoms in total. The molecule has 0 aliphatic heterocycles. The number of hydrogen-bond donors (Lipinski definition) is 2. The van der Waals surface area contributed by atoms with Gasteiger partial charge >= 0.3 is 6.03 Å². The van der Waals surface area contributed by atoms with Crippen LogP contribution in [0.25, 0.3) is 10.2 Å². The summed E-state index contributed by atoms with van der Waals surface area (Å²) in [5.41, 5.74) is 0.891. The Morgan fingerprint density at radius 3 is 2.87 bits per heavy atom. The zero-order chi connectivity index (χ0) is 16.4. The summed E-state index contributed by atoms with van der Waals surface area (Å²) >= 11 is 1.58. The molecule has 0 atom stereocenters. The minimum absolute atomic E-state index is 0.207. The van der Waals surface area contributed by atoms with Gasteiger partial charge in [-0.15, -0.1) is 11.3 Å². The van der Waals surface area contributed by atoms with Gasteiger partial charge in [0.15, 0.2) is 0 Å². The molecular weight excluding hydrogens is 316 g/mol. The molecule has 0 saturated carbocycles. The lowest BCUT2D eigenvalue weighted by molar-refractivity contribution is -0.120. The van der Waals surface area contributed by atoms with Crippen molar-refractivity contribution < 1.29 is 9.59 Å². The number of amides is 3. The van der Waals surface area contributed by atoms with E-state index < -0.39 is 11.9 Å². The van der Waals surface area contributed by atoms with Crippen LogP contribution in [0.2, 0.25) is 0 Å². The van der Waals surface area contributed by atoms with Crippen molar-refractivity contribution in [3.8, 4) is 0 Å². The maximum Gasteiger partial charge on any atom is 0.321 e. The fourth-order valence-electron chi connectivity index (χ4n) is 2.85. The van der Waals surface area contributed by atoms with Gasteiger partial charge in [0.05, 0.1) is 11.7 Å². The van der Waals surface area contributed by atoms with Crippen LogP contribution in [-0.4, -0.2) is 28.5 Å². The molecule has 1 aliphatic carbocycles. The number of fused-ring (bicyclic) bond motifs is 3. The Bertz CT molecular complexity index is 824. The summed E-state index contributed by atoms with van der Waals surface area (Å²) in [5, 5.41) is 5.08. The molecule has 0 aromatic carbocycles. The second kappa shape index (κ2) is 6.49. The first-order chi connectivity index (χ1) is 11.1. The Labute approximate surface area is 136 Å². The smallest absolute Gasteiger partial charge is 0.321 e. The van der Waals surface area contributed by atoms with Crippen molar-refractivity contribution in [3.05, 3.63) is 27.1 Å². The fourth-order valence-corrected chi connectivity index (χ4v) is 4.07. The molecule has 2 heterocycles. The lowest BCUT2D eigenvalue weighted by Gasteiger charge is -2.06. The van der Waals surface area contributed by atoms with Gasteiger partial charge in [0, 0.05) is 11.9 Å². The van der Waals surface area contributed by atoms with Crippen molar-refractivity contribution in [2.75, 3.05) is 7.05 Å². The largest absolute Gasteiger partial charge is 0.341 e. The lowest BCUT2D eigenvalue weighted by Crippen LogP contribution is -2.40. The molecule has 23 heavy (non-hydrogen) atoms. The van der Waals surface area contributed by atoms with E-state index in [4.69, 9.17) is 0 Å². The molecule has 2 aromatic heterocycles. The van der Waals surface area contributed by atoms with Gasteiger partial charge in [-0.2, -0.15) is 0 Å². The van der Waals surface area contributed by atoms with E-state index in [1.807, 2.05) is 0 Å². The zero-order valence-corrected chi connectivity index (χ0v) is 13.7. The van der Waals surface area contributed by atoms with Crippen LogP contribution >= 0.6 is 11.3 Å². The quantitative estimate of drug-likeness (QED) is 0.807. The van der Waals surface area contributed by atoms with Crippen LogP contribution in [0.3, 0.4) is 0 Å². The number of urea groups is 1. The molecule has 0 saturated heterocycles. The van der Waals surface area contributed by atoms with Crippen LogP contribution < -0.4 is 16.2 Å². The number of aryl methyl sites for hydroxylation is 2. The molecule has 0 unspecified atom stereocenters. The highest BCUT2D eigenvalue weighted by molar-refractivity contribution is 7.18. The van der Waals surface area contributed by atoms with Crippen molar-refractivity contribution in [1.29, 1.82) is 0 Å². The van der Waals surface area contributed by atoms with Crippen molar-refractivity contribution in [3.63, 3.8) is 0 Å². The highest BCUT2D eigenvalue weighted by atomic mass is 32.1. The third kappa shape index (κ3) is 3.12. The summed E-state index contributed by atoms with van der Waals surface area (Å²) in [4.78, 5) is 42.0. The minimum Gasteiger partial charge on any atom is -0.341 e. The Kier molecular flexibility index (Phi) is 4.42. The molecule has 0 fully saturated rings. The molecule has 0 bridgehead atoms. The van der Waals surface area contributed by atoms with E-state index in [9.17, 15) is 14.4 Å². The van der Waals surface area contributed by atoms with Gasteiger partial charge in [-0.3, -0.25) is 19.5 Å². The third-order valence-electron chi connectivity index (χ3n) is 3.99. The first-order valence-corrected chi connectivity index (χ1v) is 8.43. The molecule has 122 valence electrons. The molecule has 1 aliphatic rings. The van der Waals surface area contributed by atoms with Gasteiger partial charge < -0.3 is 5.32 Å². The number of nitrogens with zero attached hydrogens (tertiary/aromatic N) is 2. The predicted octanol–water partition coefficient (Wildman–Crippen LogP) is 1.18. The van der Waals surface area contributed by atoms with Crippen LogP contribution in [0.5, 0.6) is 0 Å². The predicted molar refractivity (Wildman–Crippen MR) is 87.7 cm³/mol. The second-order valence-corrected chi connectivity index (χ2v) is 6.63. The van der Waals surface area contributed by atoms with E-state index in [2.05, 4.69) is 15.6 Å². The Balaban J connectivity index is 1.95. The van der Waals surface area contributed by atoms with Gasteiger partial charge in [0.25, 0.3) is 5.56 Å². The maximum absolute atomic E-state index is 12.7. The van der Waals surface area contributed by atoms with E-state index in [0.717, 1.165) is 36.1 Å². The Morgan fingerprint density at radius 1 is 1.30 bits per heavy atom. The molecular formula is C15H18N4O3S. The van der Waals surface area contributed by atoms with E-state index >= 15 is 0 Å². The standard InChI is InChI=1S/C15H18N4O3S/c1-16-15(22)18-11(20)7-19-8-17-13-12(14(19)21)9-5-3-2-4-6-10(9)23-13/h8H,2-7H2,1H3,(H2,16,18,20,22). The fraction of sp³-hybridized carbons (Fsp3) is 0.467. The highest BCUT2D eigenvalue weighted by Crippen LogP contribution is 2.32. The minimum atomic E-state index is -0.596. The SMILES string of the molecule is CNC(=O)NC(=O)Cn1cnc2sc3c(c2c1=O)CCCCC3.